The van der Waals surface area contributed by atoms with Gasteiger partial charge in [-0.3, -0.25) is 4.79 Å². The Hall–Kier alpha value is -1.62. The van der Waals surface area contributed by atoms with Crippen LogP contribution in [0.25, 0.3) is 0 Å². The van der Waals surface area contributed by atoms with Gasteiger partial charge in [-0.2, -0.15) is 0 Å². The molecule has 0 spiro atoms. The van der Waals surface area contributed by atoms with E-state index in [1.165, 1.54) is 29.9 Å². The molecule has 0 bridgehead atoms. The monoisotopic (exact) mass is 306 g/mol. The quantitative estimate of drug-likeness (QED) is 0.828. The molecule has 0 unspecified atom stereocenters. The van der Waals surface area contributed by atoms with Crippen molar-refractivity contribution >= 4 is 11.6 Å². The molecule has 1 aromatic carbocycles. The number of nitrogens with one attached hydrogen (secondary N) is 2. The fourth-order valence-corrected chi connectivity index (χ4v) is 3.16. The first-order valence-electron chi connectivity index (χ1n) is 8.25. The Morgan fingerprint density at radius 3 is 2.55 bits per heavy atom. The predicted molar refractivity (Wildman–Crippen MR) is 84.5 cm³/mol. The number of quaternary nitrogens is 1. The largest absolute Gasteiger partial charge is 0.360 e. The molecule has 4 nitrogen and oxygen atoms in total. The Morgan fingerprint density at radius 2 is 1.95 bits per heavy atom. The molecule has 2 N–H and O–H groups in total. The Labute approximate surface area is 131 Å². The third-order valence-corrected chi connectivity index (χ3v) is 4.79. The van der Waals surface area contributed by atoms with Crippen LogP contribution in [0.1, 0.15) is 19.8 Å². The van der Waals surface area contributed by atoms with Crippen molar-refractivity contribution in [1.82, 2.24) is 5.32 Å². The molecule has 1 saturated heterocycles. The van der Waals surface area contributed by atoms with Gasteiger partial charge < -0.3 is 15.1 Å². The highest BCUT2D eigenvalue weighted by atomic mass is 19.1. The third kappa shape index (κ3) is 3.97. The minimum Gasteiger partial charge on any atom is -0.360 e. The van der Waals surface area contributed by atoms with E-state index in [1.54, 1.807) is 0 Å². The van der Waals surface area contributed by atoms with Crippen molar-refractivity contribution < 1.29 is 14.1 Å². The summed E-state index contributed by atoms with van der Waals surface area (Å²) < 4.78 is 13.0. The van der Waals surface area contributed by atoms with E-state index in [1.807, 2.05) is 12.1 Å². The minimum atomic E-state index is -0.200. The van der Waals surface area contributed by atoms with Crippen LogP contribution in [0.5, 0.6) is 0 Å². The molecule has 22 heavy (non-hydrogen) atoms. The number of halogens is 1. The van der Waals surface area contributed by atoms with Crippen LogP contribution in [-0.2, 0) is 4.79 Å². The second-order valence-corrected chi connectivity index (χ2v) is 6.58. The van der Waals surface area contributed by atoms with E-state index in [9.17, 15) is 9.18 Å². The maximum absolute atomic E-state index is 13.0. The van der Waals surface area contributed by atoms with Gasteiger partial charge in [0, 0.05) is 11.7 Å². The number of carbonyl (C=O) groups is 1. The summed E-state index contributed by atoms with van der Waals surface area (Å²) in [5, 5.41) is 3.12. The van der Waals surface area contributed by atoms with E-state index < -0.39 is 0 Å². The van der Waals surface area contributed by atoms with Crippen LogP contribution < -0.4 is 15.1 Å². The lowest BCUT2D eigenvalue weighted by atomic mass is 10.2. The number of piperazine rings is 1. The molecule has 120 valence electrons. The minimum absolute atomic E-state index is 0.171. The summed E-state index contributed by atoms with van der Waals surface area (Å²) in [5.41, 5.74) is 1.06. The van der Waals surface area contributed by atoms with E-state index in [0.29, 0.717) is 18.5 Å². The fraction of sp³-hybridized carbons (Fsp3) is 0.588. The van der Waals surface area contributed by atoms with Crippen molar-refractivity contribution in [3.8, 4) is 0 Å². The second kappa shape index (κ2) is 6.65. The van der Waals surface area contributed by atoms with Crippen molar-refractivity contribution in [1.29, 1.82) is 0 Å². The van der Waals surface area contributed by atoms with Crippen LogP contribution in [0.3, 0.4) is 0 Å². The average molecular weight is 306 g/mol. The number of carbonyl (C=O) groups excluding carboxylic acids is 1. The first-order chi connectivity index (χ1) is 10.6. The van der Waals surface area contributed by atoms with Gasteiger partial charge in [0.15, 0.2) is 6.54 Å². The molecule has 1 heterocycles. The van der Waals surface area contributed by atoms with Gasteiger partial charge in [0.05, 0.1) is 26.2 Å². The Balaban J connectivity index is 1.43. The number of benzene rings is 1. The first kappa shape index (κ1) is 15.3. The van der Waals surface area contributed by atoms with E-state index in [-0.39, 0.29) is 11.7 Å². The summed E-state index contributed by atoms with van der Waals surface area (Å²) in [6.45, 7) is 6.38. The molecular formula is C17H25FN3O+. The van der Waals surface area contributed by atoms with Crippen LogP contribution in [0.2, 0.25) is 0 Å². The molecule has 2 aliphatic rings. The summed E-state index contributed by atoms with van der Waals surface area (Å²) in [6.07, 6.45) is 2.51. The lowest BCUT2D eigenvalue weighted by Crippen LogP contribution is -3.16. The molecule has 0 radical (unpaired) electrons. The van der Waals surface area contributed by atoms with Crippen LogP contribution in [0.15, 0.2) is 24.3 Å². The molecule has 1 amide bonds. The molecule has 2 fully saturated rings. The molecule has 5 heteroatoms. The molecule has 1 saturated carbocycles. The number of anilines is 1. The summed E-state index contributed by atoms with van der Waals surface area (Å²) in [4.78, 5) is 15.6. The SMILES string of the molecule is C[C@@H](NC(=O)C[NH+]1CCN(c2ccc(F)cc2)CC1)C1CC1. The maximum atomic E-state index is 13.0. The van der Waals surface area contributed by atoms with Crippen molar-refractivity contribution in [3.63, 3.8) is 0 Å². The molecule has 1 aromatic rings. The molecule has 1 aliphatic heterocycles. The second-order valence-electron chi connectivity index (χ2n) is 6.58. The zero-order chi connectivity index (χ0) is 15.5. The van der Waals surface area contributed by atoms with E-state index in [4.69, 9.17) is 0 Å². The van der Waals surface area contributed by atoms with Gasteiger partial charge in [0.2, 0.25) is 0 Å². The van der Waals surface area contributed by atoms with Gasteiger partial charge in [-0.05, 0) is 49.9 Å². The van der Waals surface area contributed by atoms with Crippen molar-refractivity contribution in [2.75, 3.05) is 37.6 Å². The van der Waals surface area contributed by atoms with Crippen molar-refractivity contribution in [3.05, 3.63) is 30.1 Å². The van der Waals surface area contributed by atoms with E-state index in [0.717, 1.165) is 31.9 Å². The zero-order valence-corrected chi connectivity index (χ0v) is 13.1. The molecular weight excluding hydrogens is 281 g/mol. The lowest BCUT2D eigenvalue weighted by molar-refractivity contribution is -0.892. The highest BCUT2D eigenvalue weighted by molar-refractivity contribution is 5.77. The number of nitrogens with zero attached hydrogens (tertiary/aromatic N) is 1. The summed E-state index contributed by atoms with van der Waals surface area (Å²) >= 11 is 0. The van der Waals surface area contributed by atoms with Crippen LogP contribution >= 0.6 is 0 Å². The Bertz CT molecular complexity index is 507. The Kier molecular flexibility index (Phi) is 4.62. The van der Waals surface area contributed by atoms with Crippen molar-refractivity contribution in [2.24, 2.45) is 5.92 Å². The van der Waals surface area contributed by atoms with Gasteiger partial charge in [-0.1, -0.05) is 0 Å². The smallest absolute Gasteiger partial charge is 0.275 e. The van der Waals surface area contributed by atoms with Gasteiger partial charge in [0.25, 0.3) is 5.91 Å². The number of amides is 1. The van der Waals surface area contributed by atoms with Gasteiger partial charge in [0.1, 0.15) is 5.82 Å². The molecule has 3 rings (SSSR count). The number of hydrogen-bond acceptors (Lipinski definition) is 2. The highest BCUT2D eigenvalue weighted by Gasteiger charge is 2.30. The first-order valence-corrected chi connectivity index (χ1v) is 8.25. The van der Waals surface area contributed by atoms with Crippen molar-refractivity contribution in [2.45, 2.75) is 25.8 Å². The van der Waals surface area contributed by atoms with E-state index in [2.05, 4.69) is 17.1 Å². The summed E-state index contributed by atoms with van der Waals surface area (Å²) in [7, 11) is 0. The molecule has 1 aliphatic carbocycles. The number of hydrogen-bond donors (Lipinski definition) is 2. The van der Waals surface area contributed by atoms with Gasteiger partial charge >= 0.3 is 0 Å². The molecule has 1 atom stereocenters. The predicted octanol–water partition coefficient (Wildman–Crippen LogP) is 0.445. The van der Waals surface area contributed by atoms with Crippen LogP contribution in [0, 0.1) is 11.7 Å². The van der Waals surface area contributed by atoms with Gasteiger partial charge in [-0.25, -0.2) is 4.39 Å². The zero-order valence-electron chi connectivity index (χ0n) is 13.1. The lowest BCUT2D eigenvalue weighted by Gasteiger charge is -2.33. The normalized spacial score (nSPS) is 20.7. The van der Waals surface area contributed by atoms with Crippen LogP contribution in [-0.4, -0.2) is 44.7 Å². The highest BCUT2D eigenvalue weighted by Crippen LogP contribution is 2.32. The van der Waals surface area contributed by atoms with Crippen LogP contribution in [0.4, 0.5) is 10.1 Å². The summed E-state index contributed by atoms with van der Waals surface area (Å²) in [6, 6.07) is 6.98. The van der Waals surface area contributed by atoms with Gasteiger partial charge in [-0.15, -0.1) is 0 Å². The van der Waals surface area contributed by atoms with E-state index >= 15 is 0 Å². The Morgan fingerprint density at radius 1 is 1.32 bits per heavy atom. The topological polar surface area (TPSA) is 36.8 Å². The average Bonchev–Trinajstić information content (AvgIpc) is 3.33. The fourth-order valence-electron chi connectivity index (χ4n) is 3.16. The third-order valence-electron chi connectivity index (χ3n) is 4.79. The molecule has 0 aromatic heterocycles. The standard InChI is InChI=1S/C17H24FN3O/c1-13(14-2-3-14)19-17(22)12-20-8-10-21(11-9-20)16-6-4-15(18)5-7-16/h4-7,13-14H,2-3,8-12H2,1H3,(H,19,22)/p+1/t13-/m1/s1. The summed E-state index contributed by atoms with van der Waals surface area (Å²) in [5.74, 6) is 0.674. The maximum Gasteiger partial charge on any atom is 0.275 e. The number of rotatable bonds is 5.